The van der Waals surface area contributed by atoms with E-state index in [1.54, 1.807) is 34.0 Å². The molecule has 0 atom stereocenters. The summed E-state index contributed by atoms with van der Waals surface area (Å²) >= 11 is 0. The van der Waals surface area contributed by atoms with E-state index in [4.69, 9.17) is 9.90 Å². The van der Waals surface area contributed by atoms with Crippen molar-refractivity contribution in [3.8, 4) is 0 Å². The van der Waals surface area contributed by atoms with Crippen LogP contribution < -0.4 is 5.73 Å². The van der Waals surface area contributed by atoms with Gasteiger partial charge in [-0.25, -0.2) is 14.8 Å². The lowest BCUT2D eigenvalue weighted by atomic mass is 10.5. The minimum atomic E-state index is -1.33. The van der Waals surface area contributed by atoms with Gasteiger partial charge in [0.15, 0.2) is 0 Å². The van der Waals surface area contributed by atoms with Crippen LogP contribution in [0.15, 0.2) is 58.8 Å². The summed E-state index contributed by atoms with van der Waals surface area (Å²) in [6, 6.07) is 11.8. The summed E-state index contributed by atoms with van der Waals surface area (Å²) in [5.74, 6) is 0. The average molecular weight is 281 g/mol. The summed E-state index contributed by atoms with van der Waals surface area (Å²) in [4.78, 5) is 17.2. The van der Waals surface area contributed by atoms with Crippen LogP contribution in [0.3, 0.4) is 0 Å². The molecule has 94 valence electrons. The molecule has 2 aromatic heterocycles. The van der Waals surface area contributed by atoms with Gasteiger partial charge in [0.25, 0.3) is 0 Å². The molecule has 0 aliphatic rings. The van der Waals surface area contributed by atoms with E-state index in [0.717, 1.165) is 10.1 Å². The molecule has 0 aliphatic carbocycles. The van der Waals surface area contributed by atoms with Gasteiger partial charge in [0.1, 0.15) is 10.1 Å². The Morgan fingerprint density at radius 2 is 1.39 bits per heavy atom. The second-order valence-electron chi connectivity index (χ2n) is 2.84. The molecule has 0 saturated carbocycles. The minimum absolute atomic E-state index is 1.00. The van der Waals surface area contributed by atoms with E-state index in [2.05, 4.69) is 15.7 Å². The number of carboxylic acid groups (broad SMARTS) is 1. The predicted molar refractivity (Wildman–Crippen MR) is 72.4 cm³/mol. The summed E-state index contributed by atoms with van der Waals surface area (Å²) in [6.45, 7) is 0. The highest BCUT2D eigenvalue weighted by Gasteiger charge is 1.97. The van der Waals surface area contributed by atoms with Crippen LogP contribution >= 0.6 is 21.6 Å². The molecule has 1 amide bonds. The molecule has 2 heterocycles. The Morgan fingerprint density at radius 3 is 1.67 bits per heavy atom. The van der Waals surface area contributed by atoms with E-state index < -0.39 is 6.09 Å². The van der Waals surface area contributed by atoms with Crippen molar-refractivity contribution in [1.29, 1.82) is 0 Å². The molecule has 18 heavy (non-hydrogen) atoms. The Labute approximate surface area is 112 Å². The van der Waals surface area contributed by atoms with Gasteiger partial charge < -0.3 is 10.8 Å². The van der Waals surface area contributed by atoms with Gasteiger partial charge in [-0.2, -0.15) is 0 Å². The number of aromatic nitrogens is 2. The number of nitrogens with zero attached hydrogens (tertiary/aromatic N) is 2. The highest BCUT2D eigenvalue weighted by atomic mass is 33.1. The van der Waals surface area contributed by atoms with E-state index >= 15 is 0 Å². The highest BCUT2D eigenvalue weighted by molar-refractivity contribution is 8.76. The maximum absolute atomic E-state index is 8.78. The number of hydrogen-bond acceptors (Lipinski definition) is 5. The molecule has 0 fully saturated rings. The third-order valence-corrected chi connectivity index (χ3v) is 3.67. The number of pyridine rings is 2. The van der Waals surface area contributed by atoms with Crippen molar-refractivity contribution in [2.75, 3.05) is 0 Å². The van der Waals surface area contributed by atoms with E-state index in [0.29, 0.717) is 0 Å². The number of nitrogens with two attached hydrogens (primary N) is 1. The number of primary amides is 1. The molecule has 5 nitrogen and oxygen atoms in total. The third-order valence-electron chi connectivity index (χ3n) is 1.49. The number of rotatable bonds is 3. The molecule has 0 bridgehead atoms. The second kappa shape index (κ2) is 8.37. The summed E-state index contributed by atoms with van der Waals surface area (Å²) in [7, 11) is 3.23. The smallest absolute Gasteiger partial charge is 0.402 e. The third kappa shape index (κ3) is 6.77. The van der Waals surface area contributed by atoms with Crippen LogP contribution in [-0.2, 0) is 0 Å². The Morgan fingerprint density at radius 1 is 1.00 bits per heavy atom. The largest absolute Gasteiger partial charge is 0.465 e. The maximum Gasteiger partial charge on any atom is 0.402 e. The molecule has 0 saturated heterocycles. The van der Waals surface area contributed by atoms with Crippen molar-refractivity contribution < 1.29 is 9.90 Å². The molecule has 0 aromatic carbocycles. The summed E-state index contributed by atoms with van der Waals surface area (Å²) < 4.78 is 0. The summed E-state index contributed by atoms with van der Waals surface area (Å²) in [5, 5.41) is 9.20. The van der Waals surface area contributed by atoms with Crippen molar-refractivity contribution in [2.45, 2.75) is 10.1 Å². The van der Waals surface area contributed by atoms with Gasteiger partial charge in [-0.1, -0.05) is 12.1 Å². The van der Waals surface area contributed by atoms with E-state index in [1.807, 2.05) is 36.4 Å². The molecule has 0 aliphatic heterocycles. The normalized spacial score (nSPS) is 9.11. The first kappa shape index (κ1) is 14.3. The molecule has 0 radical (unpaired) electrons. The van der Waals surface area contributed by atoms with Crippen LogP contribution in [0.1, 0.15) is 0 Å². The van der Waals surface area contributed by atoms with Crippen LogP contribution in [0.5, 0.6) is 0 Å². The fourth-order valence-corrected chi connectivity index (χ4v) is 2.63. The molecule has 2 aromatic rings. The Kier molecular flexibility index (Phi) is 6.67. The second-order valence-corrected chi connectivity index (χ2v) is 5.01. The lowest BCUT2D eigenvalue weighted by molar-refractivity contribution is 0.205. The van der Waals surface area contributed by atoms with Crippen LogP contribution in [0, 0.1) is 0 Å². The summed E-state index contributed by atoms with van der Waals surface area (Å²) in [5.41, 5.74) is 4.03. The monoisotopic (exact) mass is 281 g/mol. The zero-order valence-corrected chi connectivity index (χ0v) is 10.9. The maximum atomic E-state index is 8.78. The van der Waals surface area contributed by atoms with Gasteiger partial charge in [-0.15, -0.1) is 0 Å². The average Bonchev–Trinajstić information content (AvgIpc) is 2.38. The molecule has 2 rings (SSSR count). The van der Waals surface area contributed by atoms with Crippen molar-refractivity contribution in [3.05, 3.63) is 48.8 Å². The molecular weight excluding hydrogens is 270 g/mol. The van der Waals surface area contributed by atoms with E-state index in [-0.39, 0.29) is 0 Å². The minimum Gasteiger partial charge on any atom is -0.465 e. The van der Waals surface area contributed by atoms with Gasteiger partial charge in [0.2, 0.25) is 0 Å². The zero-order chi connectivity index (χ0) is 13.2. The number of carbonyl (C=O) groups is 1. The van der Waals surface area contributed by atoms with E-state index in [1.165, 1.54) is 0 Å². The predicted octanol–water partition coefficient (Wildman–Crippen LogP) is 2.90. The van der Waals surface area contributed by atoms with Gasteiger partial charge in [-0.3, -0.25) is 0 Å². The van der Waals surface area contributed by atoms with Gasteiger partial charge >= 0.3 is 6.09 Å². The van der Waals surface area contributed by atoms with Gasteiger partial charge in [0, 0.05) is 12.4 Å². The highest BCUT2D eigenvalue weighted by Crippen LogP contribution is 2.34. The van der Waals surface area contributed by atoms with Crippen LogP contribution in [0.25, 0.3) is 0 Å². The quantitative estimate of drug-likeness (QED) is 0.841. The van der Waals surface area contributed by atoms with E-state index in [9.17, 15) is 0 Å². The molecule has 3 N–H and O–H groups in total. The molecule has 0 spiro atoms. The summed E-state index contributed by atoms with van der Waals surface area (Å²) in [6.07, 6.45) is 2.25. The van der Waals surface area contributed by atoms with Crippen molar-refractivity contribution in [1.82, 2.24) is 9.97 Å². The van der Waals surface area contributed by atoms with Gasteiger partial charge in [0.05, 0.1) is 0 Å². The van der Waals surface area contributed by atoms with Crippen molar-refractivity contribution >= 4 is 27.7 Å². The topological polar surface area (TPSA) is 89.1 Å². The zero-order valence-electron chi connectivity index (χ0n) is 9.26. The molecular formula is C11H11N3O2S2. The lowest BCUT2D eigenvalue weighted by Gasteiger charge is -1.97. The molecule has 7 heteroatoms. The number of amides is 1. The lowest BCUT2D eigenvalue weighted by Crippen LogP contribution is -2.03. The Hall–Kier alpha value is -1.73. The fraction of sp³-hybridized carbons (Fsp3) is 0. The van der Waals surface area contributed by atoms with Crippen LogP contribution in [0.4, 0.5) is 4.79 Å². The number of hydrogen-bond donors (Lipinski definition) is 2. The van der Waals surface area contributed by atoms with Crippen molar-refractivity contribution in [2.24, 2.45) is 5.73 Å². The van der Waals surface area contributed by atoms with Crippen LogP contribution in [-0.4, -0.2) is 21.2 Å². The first-order valence-corrected chi connectivity index (χ1v) is 6.98. The van der Waals surface area contributed by atoms with Crippen LogP contribution in [0.2, 0.25) is 0 Å². The SMILES string of the molecule is NC(=O)O.c1ccc(SSc2ccccn2)nc1. The first-order valence-electron chi connectivity index (χ1n) is 4.83. The van der Waals surface area contributed by atoms with Crippen molar-refractivity contribution in [3.63, 3.8) is 0 Å². The standard InChI is InChI=1S/C10H8N2S2.CH3NO2/c1-3-7-11-9(5-1)13-14-10-6-2-4-8-12-10;2-1(3)4/h1-8H;2H2,(H,3,4). The molecule has 0 unspecified atom stereocenters. The fourth-order valence-electron chi connectivity index (χ4n) is 0.878. The van der Waals surface area contributed by atoms with Gasteiger partial charge in [-0.05, 0) is 45.9 Å². The first-order chi connectivity index (χ1) is 8.68. The Balaban J connectivity index is 0.000000357. The Bertz CT molecular complexity index is 425.